The third-order valence-corrected chi connectivity index (χ3v) is 5.48. The van der Waals surface area contributed by atoms with Gasteiger partial charge in [-0.2, -0.15) is 0 Å². The molecule has 3 nitrogen and oxygen atoms in total. The Balaban J connectivity index is 1.87. The molecule has 1 aliphatic rings. The molecule has 0 unspecified atom stereocenters. The Bertz CT molecular complexity index is 812. The number of carbonyl (C=O) groups is 1. The van der Waals surface area contributed by atoms with E-state index in [4.69, 9.17) is 23.2 Å². The minimum absolute atomic E-state index is 0.159. The van der Waals surface area contributed by atoms with E-state index in [0.717, 1.165) is 16.1 Å². The maximum atomic E-state index is 12.0. The number of nitrogens with zero attached hydrogens (tertiary/aromatic N) is 1. The lowest BCUT2D eigenvalue weighted by atomic mass is 10.2. The third kappa shape index (κ3) is 3.38. The van der Waals surface area contributed by atoms with Crippen LogP contribution in [-0.4, -0.2) is 11.1 Å². The predicted molar refractivity (Wildman–Crippen MR) is 96.3 cm³/mol. The van der Waals surface area contributed by atoms with Crippen LogP contribution in [-0.2, 0) is 4.79 Å². The molecular weight excluding hydrogens is 359 g/mol. The van der Waals surface area contributed by atoms with E-state index in [0.29, 0.717) is 19.4 Å². The van der Waals surface area contributed by atoms with Crippen molar-refractivity contribution in [2.24, 2.45) is 4.99 Å². The second-order valence-electron chi connectivity index (χ2n) is 4.51. The third-order valence-electron chi connectivity index (χ3n) is 2.98. The summed E-state index contributed by atoms with van der Waals surface area (Å²) in [6, 6.07) is 9.19. The maximum Gasteiger partial charge on any atom is 0.264 e. The van der Waals surface area contributed by atoms with E-state index in [9.17, 15) is 4.79 Å². The number of amidine groups is 1. The summed E-state index contributed by atoms with van der Waals surface area (Å²) >= 11 is 14.7. The Morgan fingerprint density at radius 3 is 2.77 bits per heavy atom. The molecule has 1 saturated heterocycles. The lowest BCUT2D eigenvalue weighted by Crippen LogP contribution is -2.19. The van der Waals surface area contributed by atoms with Crippen molar-refractivity contribution in [1.82, 2.24) is 5.32 Å². The summed E-state index contributed by atoms with van der Waals surface area (Å²) in [5, 5.41) is 3.96. The number of benzene rings is 1. The van der Waals surface area contributed by atoms with Gasteiger partial charge in [-0.05, 0) is 54.6 Å². The van der Waals surface area contributed by atoms with Crippen LogP contribution in [0.5, 0.6) is 0 Å². The van der Waals surface area contributed by atoms with Crippen molar-refractivity contribution < 1.29 is 4.79 Å². The average Bonchev–Trinajstić information content (AvgIpc) is 3.02. The fraction of sp³-hybridized carbons (Fsp3) is 0.0667. The molecule has 2 heterocycles. The van der Waals surface area contributed by atoms with Crippen molar-refractivity contribution in [3.8, 4) is 0 Å². The van der Waals surface area contributed by atoms with E-state index in [1.807, 2.05) is 37.3 Å². The van der Waals surface area contributed by atoms with Gasteiger partial charge in [-0.1, -0.05) is 29.3 Å². The zero-order valence-electron chi connectivity index (χ0n) is 11.4. The number of thioether (sulfide) groups is 1. The van der Waals surface area contributed by atoms with Crippen molar-refractivity contribution >= 4 is 69.1 Å². The first-order chi connectivity index (χ1) is 10.5. The van der Waals surface area contributed by atoms with Gasteiger partial charge in [0.15, 0.2) is 5.17 Å². The van der Waals surface area contributed by atoms with Gasteiger partial charge in [0.2, 0.25) is 0 Å². The molecule has 0 saturated carbocycles. The second-order valence-corrected chi connectivity index (χ2v) is 7.69. The average molecular weight is 369 g/mol. The fourth-order valence-electron chi connectivity index (χ4n) is 1.84. The second kappa shape index (κ2) is 6.46. The van der Waals surface area contributed by atoms with Gasteiger partial charge < -0.3 is 5.32 Å². The van der Waals surface area contributed by atoms with Gasteiger partial charge >= 0.3 is 0 Å². The number of halogens is 2. The number of amides is 1. The van der Waals surface area contributed by atoms with Gasteiger partial charge in [-0.15, -0.1) is 11.3 Å². The molecule has 0 aliphatic carbocycles. The van der Waals surface area contributed by atoms with E-state index in [2.05, 4.69) is 10.3 Å². The van der Waals surface area contributed by atoms with Crippen molar-refractivity contribution in [3.05, 3.63) is 55.0 Å². The maximum absolute atomic E-state index is 12.0. The molecule has 0 atom stereocenters. The molecule has 2 aromatic rings. The van der Waals surface area contributed by atoms with E-state index in [-0.39, 0.29) is 5.91 Å². The zero-order chi connectivity index (χ0) is 15.7. The standard InChI is InChI=1S/C15H10Cl2N2OS2/c1-8-10(16)3-2-4-11(8)18-15-19-14(20)12(22-15)7-9-5-6-13(17)21-9/h2-7H,1H3,(H,18,19,20)/b12-7-. The monoisotopic (exact) mass is 368 g/mol. The number of thiophene rings is 1. The summed E-state index contributed by atoms with van der Waals surface area (Å²) in [7, 11) is 0. The van der Waals surface area contributed by atoms with Gasteiger partial charge in [0.05, 0.1) is 14.9 Å². The van der Waals surface area contributed by atoms with E-state index in [1.165, 1.54) is 23.1 Å². The van der Waals surface area contributed by atoms with E-state index >= 15 is 0 Å². The fourth-order valence-corrected chi connectivity index (χ4v) is 3.92. The molecule has 1 N–H and O–H groups in total. The van der Waals surface area contributed by atoms with Crippen LogP contribution in [0, 0.1) is 6.92 Å². The molecule has 3 rings (SSSR count). The Morgan fingerprint density at radius 1 is 1.23 bits per heavy atom. The number of hydrogen-bond acceptors (Lipinski definition) is 4. The highest BCUT2D eigenvalue weighted by Gasteiger charge is 2.24. The summed E-state index contributed by atoms with van der Waals surface area (Å²) in [5.74, 6) is -0.159. The van der Waals surface area contributed by atoms with Gasteiger partial charge in [0.1, 0.15) is 0 Å². The zero-order valence-corrected chi connectivity index (χ0v) is 14.5. The lowest BCUT2D eigenvalue weighted by molar-refractivity contribution is -0.115. The quantitative estimate of drug-likeness (QED) is 0.734. The Labute approximate surface area is 146 Å². The summed E-state index contributed by atoms with van der Waals surface area (Å²) < 4.78 is 0.693. The Kier molecular flexibility index (Phi) is 4.59. The van der Waals surface area contributed by atoms with Crippen LogP contribution < -0.4 is 5.32 Å². The molecule has 1 aliphatic heterocycles. The lowest BCUT2D eigenvalue weighted by Gasteiger charge is -2.02. The molecule has 1 amide bonds. The van der Waals surface area contributed by atoms with Crippen LogP contribution in [0.2, 0.25) is 9.36 Å². The van der Waals surface area contributed by atoms with Crippen molar-refractivity contribution in [1.29, 1.82) is 0 Å². The molecule has 0 radical (unpaired) electrons. The molecule has 1 aromatic carbocycles. The first-order valence-electron chi connectivity index (χ1n) is 6.33. The van der Waals surface area contributed by atoms with Crippen LogP contribution in [0.1, 0.15) is 10.4 Å². The summed E-state index contributed by atoms with van der Waals surface area (Å²) in [6.45, 7) is 1.90. The highest BCUT2D eigenvalue weighted by Crippen LogP contribution is 2.32. The van der Waals surface area contributed by atoms with Crippen LogP contribution >= 0.6 is 46.3 Å². The van der Waals surface area contributed by atoms with E-state index in [1.54, 1.807) is 6.07 Å². The van der Waals surface area contributed by atoms with Crippen LogP contribution in [0.15, 0.2) is 40.2 Å². The summed E-state index contributed by atoms with van der Waals surface area (Å²) in [6.07, 6.45) is 1.81. The van der Waals surface area contributed by atoms with Crippen molar-refractivity contribution in [3.63, 3.8) is 0 Å². The highest BCUT2D eigenvalue weighted by atomic mass is 35.5. The summed E-state index contributed by atoms with van der Waals surface area (Å²) in [4.78, 5) is 18.0. The minimum atomic E-state index is -0.159. The number of hydrogen-bond donors (Lipinski definition) is 1. The first-order valence-corrected chi connectivity index (χ1v) is 8.72. The van der Waals surface area contributed by atoms with Crippen molar-refractivity contribution in [2.45, 2.75) is 6.92 Å². The molecule has 0 spiro atoms. The number of rotatable bonds is 2. The molecule has 7 heteroatoms. The minimum Gasteiger partial charge on any atom is -0.300 e. The molecule has 1 fully saturated rings. The van der Waals surface area contributed by atoms with E-state index < -0.39 is 0 Å². The van der Waals surface area contributed by atoms with Gasteiger partial charge in [-0.25, -0.2) is 4.99 Å². The molecular formula is C15H10Cl2N2OS2. The van der Waals surface area contributed by atoms with Gasteiger partial charge in [0, 0.05) is 9.90 Å². The van der Waals surface area contributed by atoms with Crippen LogP contribution in [0.3, 0.4) is 0 Å². The number of carbonyl (C=O) groups excluding carboxylic acids is 1. The molecule has 22 heavy (non-hydrogen) atoms. The molecule has 112 valence electrons. The predicted octanol–water partition coefficient (Wildman–Crippen LogP) is 5.25. The first kappa shape index (κ1) is 15.6. The highest BCUT2D eigenvalue weighted by molar-refractivity contribution is 8.18. The SMILES string of the molecule is Cc1c(Cl)cccc1N=C1NC(=O)/C(=C/c2ccc(Cl)s2)S1. The normalized spacial score (nSPS) is 18.2. The van der Waals surface area contributed by atoms with Gasteiger partial charge in [-0.3, -0.25) is 4.79 Å². The molecule has 1 aromatic heterocycles. The molecule has 0 bridgehead atoms. The Hall–Kier alpha value is -1.27. The number of aliphatic imine (C=N–C) groups is 1. The largest absolute Gasteiger partial charge is 0.300 e. The smallest absolute Gasteiger partial charge is 0.264 e. The summed E-state index contributed by atoms with van der Waals surface area (Å²) in [5.41, 5.74) is 1.63. The van der Waals surface area contributed by atoms with Gasteiger partial charge in [0.25, 0.3) is 5.91 Å². The van der Waals surface area contributed by atoms with Crippen LogP contribution in [0.25, 0.3) is 6.08 Å². The number of nitrogens with one attached hydrogen (secondary N) is 1. The van der Waals surface area contributed by atoms with Crippen molar-refractivity contribution in [2.75, 3.05) is 0 Å². The topological polar surface area (TPSA) is 41.5 Å². The Morgan fingerprint density at radius 2 is 2.05 bits per heavy atom. The van der Waals surface area contributed by atoms with Crippen LogP contribution in [0.4, 0.5) is 5.69 Å².